The molecule has 7 heteroatoms. The van der Waals surface area contributed by atoms with Crippen LogP contribution in [0.1, 0.15) is 47.4 Å². The average molecular weight is 428 g/mol. The van der Waals surface area contributed by atoms with E-state index in [4.69, 9.17) is 0 Å². The molecule has 158 valence electrons. The van der Waals surface area contributed by atoms with E-state index >= 15 is 0 Å². The van der Waals surface area contributed by atoms with Gasteiger partial charge in [0.05, 0.1) is 6.33 Å². The van der Waals surface area contributed by atoms with E-state index in [1.54, 1.807) is 23.7 Å². The highest BCUT2D eigenvalue weighted by Crippen LogP contribution is 2.34. The summed E-state index contributed by atoms with van der Waals surface area (Å²) < 4.78 is 42.8. The number of fused-ring (bicyclic) bond motifs is 1. The van der Waals surface area contributed by atoms with Crippen molar-refractivity contribution >= 4 is 10.0 Å². The van der Waals surface area contributed by atoms with Crippen molar-refractivity contribution in [1.29, 1.82) is 0 Å². The lowest BCUT2D eigenvalue weighted by atomic mass is 9.86. The first-order valence-corrected chi connectivity index (χ1v) is 11.7. The molecule has 1 aliphatic rings. The van der Waals surface area contributed by atoms with Crippen molar-refractivity contribution in [2.45, 2.75) is 49.6 Å². The van der Waals surface area contributed by atoms with Gasteiger partial charge in [0.15, 0.2) is 5.03 Å². The van der Waals surface area contributed by atoms with Crippen molar-refractivity contribution in [3.63, 3.8) is 0 Å². The van der Waals surface area contributed by atoms with E-state index in [9.17, 15) is 12.8 Å². The van der Waals surface area contributed by atoms with Gasteiger partial charge in [0, 0.05) is 19.8 Å². The fraction of sp³-hybridized carbons (Fsp3) is 0.348. The molecule has 1 N–H and O–H groups in total. The Labute approximate surface area is 177 Å². The number of benzene rings is 2. The Bertz CT molecular complexity index is 1140. The van der Waals surface area contributed by atoms with Gasteiger partial charge in [0.2, 0.25) is 0 Å². The van der Waals surface area contributed by atoms with E-state index in [2.05, 4.69) is 21.8 Å². The SMILES string of the molecule is Cn1cnc(S(=O)(=O)NCc2ccc3c(c2)C(Cc2cccc(F)c2)CCCC3)c1. The first-order chi connectivity index (χ1) is 14.4. The molecule has 1 atom stereocenters. The van der Waals surface area contributed by atoms with Crippen molar-refractivity contribution in [3.8, 4) is 0 Å². The molecule has 0 radical (unpaired) electrons. The Hall–Kier alpha value is -2.51. The minimum Gasteiger partial charge on any atom is -0.339 e. The highest BCUT2D eigenvalue weighted by atomic mass is 32.2. The van der Waals surface area contributed by atoms with Gasteiger partial charge in [-0.05, 0) is 66.0 Å². The molecule has 0 saturated carbocycles. The zero-order valence-electron chi connectivity index (χ0n) is 17.0. The number of aryl methyl sites for hydroxylation is 2. The van der Waals surface area contributed by atoms with Crippen molar-refractivity contribution in [3.05, 3.63) is 83.1 Å². The second-order valence-corrected chi connectivity index (χ2v) is 9.73. The van der Waals surface area contributed by atoms with E-state index in [1.807, 2.05) is 12.1 Å². The number of hydrogen-bond acceptors (Lipinski definition) is 3. The first kappa shape index (κ1) is 20.8. The van der Waals surface area contributed by atoms with Crippen LogP contribution >= 0.6 is 0 Å². The minimum atomic E-state index is -3.66. The molecular weight excluding hydrogens is 401 g/mol. The molecule has 1 aromatic heterocycles. The number of hydrogen-bond donors (Lipinski definition) is 1. The fourth-order valence-electron chi connectivity index (χ4n) is 4.16. The van der Waals surface area contributed by atoms with Crippen LogP contribution < -0.4 is 4.72 Å². The van der Waals surface area contributed by atoms with E-state index in [0.29, 0.717) is 5.92 Å². The predicted molar refractivity (Wildman–Crippen MR) is 114 cm³/mol. The zero-order chi connectivity index (χ0) is 21.1. The number of rotatable bonds is 6. The van der Waals surface area contributed by atoms with Crippen molar-refractivity contribution < 1.29 is 12.8 Å². The third-order valence-electron chi connectivity index (χ3n) is 5.69. The first-order valence-electron chi connectivity index (χ1n) is 10.2. The van der Waals surface area contributed by atoms with Gasteiger partial charge < -0.3 is 4.57 Å². The number of nitrogens with one attached hydrogen (secondary N) is 1. The molecule has 1 unspecified atom stereocenters. The van der Waals surface area contributed by atoms with Crippen LogP contribution in [0.4, 0.5) is 4.39 Å². The summed E-state index contributed by atoms with van der Waals surface area (Å²) >= 11 is 0. The van der Waals surface area contributed by atoms with Crippen molar-refractivity contribution in [2.24, 2.45) is 7.05 Å². The summed E-state index contributed by atoms with van der Waals surface area (Å²) in [6, 6.07) is 13.0. The maximum atomic E-state index is 13.6. The molecule has 4 rings (SSSR count). The van der Waals surface area contributed by atoms with Gasteiger partial charge in [-0.1, -0.05) is 36.8 Å². The maximum absolute atomic E-state index is 13.6. The molecule has 0 saturated heterocycles. The zero-order valence-corrected chi connectivity index (χ0v) is 17.8. The molecule has 1 heterocycles. The molecule has 0 bridgehead atoms. The molecule has 0 fully saturated rings. The Kier molecular flexibility index (Phi) is 6.01. The predicted octanol–water partition coefficient (Wildman–Crippen LogP) is 4.09. The Morgan fingerprint density at radius 1 is 1.17 bits per heavy atom. The molecule has 5 nitrogen and oxygen atoms in total. The minimum absolute atomic E-state index is 0.0174. The molecule has 0 aliphatic heterocycles. The van der Waals surface area contributed by atoms with Crippen LogP contribution in [-0.4, -0.2) is 18.0 Å². The van der Waals surface area contributed by atoms with Gasteiger partial charge in [-0.3, -0.25) is 0 Å². The van der Waals surface area contributed by atoms with Crippen LogP contribution in [0.2, 0.25) is 0 Å². The summed E-state index contributed by atoms with van der Waals surface area (Å²) in [6.45, 7) is 0.207. The van der Waals surface area contributed by atoms with Crippen LogP contribution in [0.5, 0.6) is 0 Å². The highest BCUT2D eigenvalue weighted by molar-refractivity contribution is 7.89. The van der Waals surface area contributed by atoms with Crippen LogP contribution in [0.25, 0.3) is 0 Å². The van der Waals surface area contributed by atoms with E-state index in [-0.39, 0.29) is 17.4 Å². The number of aromatic nitrogens is 2. The van der Waals surface area contributed by atoms with Crippen LogP contribution in [0.3, 0.4) is 0 Å². The average Bonchev–Trinajstić information content (AvgIpc) is 3.07. The summed E-state index contributed by atoms with van der Waals surface area (Å²) in [7, 11) is -1.92. The largest absolute Gasteiger partial charge is 0.339 e. The summed E-state index contributed by atoms with van der Waals surface area (Å²) in [5.74, 6) is 0.0932. The molecule has 30 heavy (non-hydrogen) atoms. The standard InChI is InChI=1S/C23H26FN3O2S/c1-27-15-23(25-16-27)30(28,29)26-14-18-9-10-19-6-2-3-7-20(22(19)13-18)11-17-5-4-8-21(24)12-17/h4-5,8-10,12-13,15-16,20,26H,2-3,6-7,11,14H2,1H3. The smallest absolute Gasteiger partial charge is 0.259 e. The lowest BCUT2D eigenvalue weighted by Crippen LogP contribution is -2.23. The highest BCUT2D eigenvalue weighted by Gasteiger charge is 2.21. The summed E-state index contributed by atoms with van der Waals surface area (Å²) in [6.07, 6.45) is 8.08. The van der Waals surface area contributed by atoms with Crippen LogP contribution in [0.15, 0.2) is 60.0 Å². The summed E-state index contributed by atoms with van der Waals surface area (Å²) in [5.41, 5.74) is 4.48. The number of sulfonamides is 1. The number of nitrogens with zero attached hydrogens (tertiary/aromatic N) is 2. The van der Waals surface area contributed by atoms with Gasteiger partial charge in [-0.2, -0.15) is 0 Å². The van der Waals surface area contributed by atoms with E-state index in [0.717, 1.165) is 43.2 Å². The van der Waals surface area contributed by atoms with Gasteiger partial charge in [0.1, 0.15) is 5.82 Å². The summed E-state index contributed by atoms with van der Waals surface area (Å²) in [4.78, 5) is 3.93. The van der Waals surface area contributed by atoms with E-state index in [1.165, 1.54) is 29.7 Å². The van der Waals surface area contributed by atoms with Gasteiger partial charge in [-0.25, -0.2) is 22.5 Å². The third kappa shape index (κ3) is 4.79. The fourth-order valence-corrected chi connectivity index (χ4v) is 5.16. The second-order valence-electron chi connectivity index (χ2n) is 8.01. The topological polar surface area (TPSA) is 64.0 Å². The normalized spacial score (nSPS) is 16.8. The molecule has 0 spiro atoms. The Morgan fingerprint density at radius 2 is 2.03 bits per heavy atom. The third-order valence-corrected chi connectivity index (χ3v) is 6.98. The van der Waals surface area contributed by atoms with Crippen molar-refractivity contribution in [2.75, 3.05) is 0 Å². The summed E-state index contributed by atoms with van der Waals surface area (Å²) in [5, 5.41) is 0.0174. The van der Waals surface area contributed by atoms with Gasteiger partial charge in [-0.15, -0.1) is 0 Å². The Balaban J connectivity index is 1.55. The Morgan fingerprint density at radius 3 is 2.80 bits per heavy atom. The number of halogens is 1. The quantitative estimate of drug-likeness (QED) is 0.603. The monoisotopic (exact) mass is 427 g/mol. The molecule has 1 aliphatic carbocycles. The second kappa shape index (κ2) is 8.70. The van der Waals surface area contributed by atoms with Crippen LogP contribution in [0, 0.1) is 5.82 Å². The maximum Gasteiger partial charge on any atom is 0.259 e. The van der Waals surface area contributed by atoms with Crippen LogP contribution in [-0.2, 0) is 36.5 Å². The molecule has 3 aromatic rings. The molecule has 2 aromatic carbocycles. The lowest BCUT2D eigenvalue weighted by Gasteiger charge is -2.19. The molecule has 0 amide bonds. The van der Waals surface area contributed by atoms with Crippen molar-refractivity contribution in [1.82, 2.24) is 14.3 Å². The molecular formula is C23H26FN3O2S. The number of imidazole rings is 1. The lowest BCUT2D eigenvalue weighted by molar-refractivity contribution is 0.577. The van der Waals surface area contributed by atoms with Gasteiger partial charge in [0.25, 0.3) is 10.0 Å². The van der Waals surface area contributed by atoms with Gasteiger partial charge >= 0.3 is 0 Å². The van der Waals surface area contributed by atoms with E-state index < -0.39 is 10.0 Å².